The van der Waals surface area contributed by atoms with Crippen molar-refractivity contribution < 1.29 is 27.1 Å². The molecule has 2 aromatic carbocycles. The van der Waals surface area contributed by atoms with E-state index in [0.717, 1.165) is 18.3 Å². The molecule has 4 aromatic rings. The molecule has 4 nitrogen and oxygen atoms in total. The Balaban J connectivity index is 1.65. The zero-order valence-corrected chi connectivity index (χ0v) is 16.4. The molecule has 0 spiro atoms. The van der Waals surface area contributed by atoms with E-state index in [-0.39, 0.29) is 22.8 Å². The summed E-state index contributed by atoms with van der Waals surface area (Å²) >= 11 is 0. The zero-order valence-electron chi connectivity index (χ0n) is 16.4. The maximum absolute atomic E-state index is 14.3. The Kier molecular flexibility index (Phi) is 4.49. The third-order valence-electron chi connectivity index (χ3n) is 5.80. The second kappa shape index (κ2) is 7.03. The number of benzene rings is 2. The standard InChI is InChI=1S/C23H16F5N3O/c24-15-2-5-17(6-3-15)31-21-8-1-14(9-13(21)11-30-31)22(32,23(26,27)28)19-12-29-20-7-4-16(25)10-18(19)20/h1-5,7-12,17,29,32H,6H2. The summed E-state index contributed by atoms with van der Waals surface area (Å²) in [5, 5.41) is 15.6. The molecule has 2 atom stereocenters. The van der Waals surface area contributed by atoms with Gasteiger partial charge in [0.1, 0.15) is 11.6 Å². The molecule has 5 rings (SSSR count). The number of nitrogens with one attached hydrogen (secondary N) is 1. The number of aliphatic hydroxyl groups is 1. The van der Waals surface area contributed by atoms with Crippen LogP contribution in [0, 0.1) is 5.82 Å². The van der Waals surface area contributed by atoms with Gasteiger partial charge in [-0.3, -0.25) is 4.68 Å². The highest BCUT2D eigenvalue weighted by atomic mass is 19.4. The highest BCUT2D eigenvalue weighted by Crippen LogP contribution is 2.47. The summed E-state index contributed by atoms with van der Waals surface area (Å²) in [4.78, 5) is 2.66. The number of fused-ring (bicyclic) bond motifs is 2. The van der Waals surface area contributed by atoms with Crippen molar-refractivity contribution in [3.05, 3.63) is 89.8 Å². The summed E-state index contributed by atoms with van der Waals surface area (Å²) in [6.45, 7) is 0. The van der Waals surface area contributed by atoms with Crippen LogP contribution < -0.4 is 0 Å². The van der Waals surface area contributed by atoms with E-state index in [1.54, 1.807) is 10.8 Å². The van der Waals surface area contributed by atoms with Gasteiger partial charge in [0.05, 0.1) is 17.8 Å². The fraction of sp³-hybridized carbons (Fsp3) is 0.174. The number of H-pyrrole nitrogens is 1. The van der Waals surface area contributed by atoms with Gasteiger partial charge in [-0.1, -0.05) is 12.1 Å². The summed E-state index contributed by atoms with van der Waals surface area (Å²) in [5.41, 5.74) is -3.50. The van der Waals surface area contributed by atoms with Crippen LogP contribution in [0.1, 0.15) is 23.6 Å². The highest BCUT2D eigenvalue weighted by molar-refractivity contribution is 5.86. The lowest BCUT2D eigenvalue weighted by atomic mass is 9.85. The first kappa shape index (κ1) is 20.4. The first-order valence-corrected chi connectivity index (χ1v) is 9.76. The first-order valence-electron chi connectivity index (χ1n) is 9.76. The molecule has 2 unspecified atom stereocenters. The molecule has 0 fully saturated rings. The maximum atomic E-state index is 14.3. The minimum absolute atomic E-state index is 0.0678. The molecular weight excluding hydrogens is 429 g/mol. The second-order valence-corrected chi connectivity index (χ2v) is 7.71. The van der Waals surface area contributed by atoms with Gasteiger partial charge in [-0.2, -0.15) is 18.3 Å². The van der Waals surface area contributed by atoms with Crippen LogP contribution in [0.15, 0.2) is 72.8 Å². The molecule has 0 saturated carbocycles. The van der Waals surface area contributed by atoms with Crippen LogP contribution in [0.3, 0.4) is 0 Å². The number of alkyl halides is 3. The zero-order chi connectivity index (χ0) is 22.7. The number of allylic oxidation sites excluding steroid dienone is 4. The maximum Gasteiger partial charge on any atom is 0.425 e. The fourth-order valence-electron chi connectivity index (χ4n) is 4.17. The van der Waals surface area contributed by atoms with Gasteiger partial charge in [-0.05, 0) is 54.5 Å². The predicted molar refractivity (Wildman–Crippen MR) is 109 cm³/mol. The van der Waals surface area contributed by atoms with Gasteiger partial charge in [-0.25, -0.2) is 8.78 Å². The summed E-state index contributed by atoms with van der Waals surface area (Å²) in [5.74, 6) is -1.07. The number of aromatic amines is 1. The van der Waals surface area contributed by atoms with E-state index in [2.05, 4.69) is 10.1 Å². The van der Waals surface area contributed by atoms with E-state index < -0.39 is 28.7 Å². The molecule has 0 saturated heterocycles. The van der Waals surface area contributed by atoms with E-state index in [1.807, 2.05) is 0 Å². The number of halogens is 5. The second-order valence-electron chi connectivity index (χ2n) is 7.71. The first-order chi connectivity index (χ1) is 15.2. The van der Waals surface area contributed by atoms with E-state index in [9.17, 15) is 27.1 Å². The van der Waals surface area contributed by atoms with Crippen LogP contribution in [0.25, 0.3) is 21.8 Å². The van der Waals surface area contributed by atoms with Crippen LogP contribution in [0.4, 0.5) is 22.0 Å². The van der Waals surface area contributed by atoms with E-state index in [0.29, 0.717) is 17.3 Å². The molecule has 0 aliphatic heterocycles. The molecule has 2 heterocycles. The number of aromatic nitrogens is 3. The summed E-state index contributed by atoms with van der Waals surface area (Å²) in [6, 6.07) is 6.94. The molecule has 1 aliphatic carbocycles. The molecule has 9 heteroatoms. The lowest BCUT2D eigenvalue weighted by Crippen LogP contribution is -2.43. The Morgan fingerprint density at radius 1 is 1.09 bits per heavy atom. The number of hydrogen-bond donors (Lipinski definition) is 2. The van der Waals surface area contributed by atoms with Gasteiger partial charge in [0.25, 0.3) is 0 Å². The van der Waals surface area contributed by atoms with Gasteiger partial charge in [0, 0.05) is 28.0 Å². The Labute approximate surface area is 178 Å². The van der Waals surface area contributed by atoms with E-state index in [4.69, 9.17) is 0 Å². The number of nitrogens with zero attached hydrogens (tertiary/aromatic N) is 2. The monoisotopic (exact) mass is 445 g/mol. The molecule has 2 aromatic heterocycles. The van der Waals surface area contributed by atoms with Crippen LogP contribution in [-0.2, 0) is 5.60 Å². The quantitative estimate of drug-likeness (QED) is 0.391. The van der Waals surface area contributed by atoms with Gasteiger partial charge in [-0.15, -0.1) is 0 Å². The summed E-state index contributed by atoms with van der Waals surface area (Å²) in [7, 11) is 0. The third-order valence-corrected chi connectivity index (χ3v) is 5.80. The van der Waals surface area contributed by atoms with Crippen molar-refractivity contribution in [1.82, 2.24) is 14.8 Å². The normalized spacial score (nSPS) is 18.8. The number of hydrogen-bond acceptors (Lipinski definition) is 2. The van der Waals surface area contributed by atoms with Crippen molar-refractivity contribution in [3.8, 4) is 0 Å². The largest absolute Gasteiger partial charge is 0.425 e. The lowest BCUT2D eigenvalue weighted by Gasteiger charge is -2.31. The van der Waals surface area contributed by atoms with Crippen molar-refractivity contribution in [3.63, 3.8) is 0 Å². The number of rotatable bonds is 3. The van der Waals surface area contributed by atoms with Crippen molar-refractivity contribution in [2.75, 3.05) is 0 Å². The van der Waals surface area contributed by atoms with Crippen LogP contribution >= 0.6 is 0 Å². The average molecular weight is 445 g/mol. The van der Waals surface area contributed by atoms with Gasteiger partial charge in [0.2, 0.25) is 5.60 Å². The summed E-state index contributed by atoms with van der Waals surface area (Å²) in [6.07, 6.45) is 2.05. The average Bonchev–Trinajstić information content (AvgIpc) is 3.36. The van der Waals surface area contributed by atoms with E-state index in [1.165, 1.54) is 42.6 Å². The molecule has 1 aliphatic rings. The van der Waals surface area contributed by atoms with Crippen LogP contribution in [-0.4, -0.2) is 26.0 Å². The molecule has 0 bridgehead atoms. The van der Waals surface area contributed by atoms with Gasteiger partial charge < -0.3 is 10.1 Å². The Hall–Kier alpha value is -3.46. The molecule has 32 heavy (non-hydrogen) atoms. The van der Waals surface area contributed by atoms with Crippen molar-refractivity contribution in [2.24, 2.45) is 0 Å². The topological polar surface area (TPSA) is 53.8 Å². The van der Waals surface area contributed by atoms with Gasteiger partial charge >= 0.3 is 6.18 Å². The minimum atomic E-state index is -5.09. The van der Waals surface area contributed by atoms with Crippen molar-refractivity contribution in [2.45, 2.75) is 24.2 Å². The van der Waals surface area contributed by atoms with Crippen molar-refractivity contribution >= 4 is 21.8 Å². The van der Waals surface area contributed by atoms with Gasteiger partial charge in [0.15, 0.2) is 0 Å². The fourth-order valence-corrected chi connectivity index (χ4v) is 4.17. The van der Waals surface area contributed by atoms with E-state index >= 15 is 0 Å². The Morgan fingerprint density at radius 2 is 1.91 bits per heavy atom. The van der Waals surface area contributed by atoms with Crippen LogP contribution in [0.5, 0.6) is 0 Å². The lowest BCUT2D eigenvalue weighted by molar-refractivity contribution is -0.247. The highest BCUT2D eigenvalue weighted by Gasteiger charge is 2.57. The SMILES string of the molecule is OC(c1ccc2c(cnn2C2C=CC(F)=CC2)c1)(c1c[nH]c2ccc(F)cc12)C(F)(F)F. The Bertz CT molecular complexity index is 1400. The molecule has 164 valence electrons. The molecule has 0 radical (unpaired) electrons. The third kappa shape index (κ3) is 3.03. The molecule has 0 amide bonds. The van der Waals surface area contributed by atoms with Crippen LogP contribution in [0.2, 0.25) is 0 Å². The predicted octanol–water partition coefficient (Wildman–Crippen LogP) is 5.81. The van der Waals surface area contributed by atoms with Crippen molar-refractivity contribution in [1.29, 1.82) is 0 Å². The molecular formula is C23H16F5N3O. The summed E-state index contributed by atoms with van der Waals surface area (Å²) < 4.78 is 71.5. The minimum Gasteiger partial charge on any atom is -0.372 e. The Morgan fingerprint density at radius 3 is 2.62 bits per heavy atom. The smallest absolute Gasteiger partial charge is 0.372 e. The molecule has 2 N–H and O–H groups in total.